The molecule has 0 amide bonds. The molecular formula is C7H16NO. The molecule has 1 radical (unpaired) electrons. The first kappa shape index (κ1) is 8.92. The molecule has 0 aromatic rings. The number of ether oxygens (including phenoxy) is 1. The van der Waals surface area contributed by atoms with E-state index in [1.54, 1.807) is 7.11 Å². The Bertz CT molecular complexity index is 52.9. The zero-order valence-electron chi connectivity index (χ0n) is 6.31. The van der Waals surface area contributed by atoms with Gasteiger partial charge in [0.2, 0.25) is 0 Å². The van der Waals surface area contributed by atoms with Crippen molar-refractivity contribution in [3.05, 3.63) is 6.92 Å². The highest BCUT2D eigenvalue weighted by molar-refractivity contribution is 4.64. The van der Waals surface area contributed by atoms with Crippen molar-refractivity contribution in [3.63, 3.8) is 0 Å². The van der Waals surface area contributed by atoms with Crippen LogP contribution in [0.4, 0.5) is 0 Å². The lowest BCUT2D eigenvalue weighted by molar-refractivity contribution is 0.184. The van der Waals surface area contributed by atoms with Crippen molar-refractivity contribution in [3.8, 4) is 0 Å². The van der Waals surface area contributed by atoms with Gasteiger partial charge in [-0.15, -0.1) is 0 Å². The Morgan fingerprint density at radius 2 is 2.33 bits per heavy atom. The van der Waals surface area contributed by atoms with E-state index in [4.69, 9.17) is 4.74 Å². The topological polar surface area (TPSA) is 21.3 Å². The van der Waals surface area contributed by atoms with Crippen molar-refractivity contribution in [2.45, 2.75) is 18.9 Å². The second-order valence-corrected chi connectivity index (χ2v) is 2.06. The highest BCUT2D eigenvalue weighted by Gasteiger charge is 1.99. The van der Waals surface area contributed by atoms with Crippen LogP contribution < -0.4 is 5.32 Å². The summed E-state index contributed by atoms with van der Waals surface area (Å²) in [6, 6.07) is 0.518. The van der Waals surface area contributed by atoms with Crippen LogP contribution in [0.2, 0.25) is 0 Å². The number of methoxy groups -OCH3 is 1. The summed E-state index contributed by atoms with van der Waals surface area (Å²) in [4.78, 5) is 0. The van der Waals surface area contributed by atoms with E-state index in [0.717, 1.165) is 19.4 Å². The Balaban J connectivity index is 3.09. The van der Waals surface area contributed by atoms with E-state index >= 15 is 0 Å². The quantitative estimate of drug-likeness (QED) is 0.595. The fourth-order valence-electron chi connectivity index (χ4n) is 0.693. The monoisotopic (exact) mass is 130 g/mol. The van der Waals surface area contributed by atoms with Crippen LogP contribution in [0.1, 0.15) is 12.8 Å². The van der Waals surface area contributed by atoms with Crippen LogP contribution >= 0.6 is 0 Å². The molecule has 2 nitrogen and oxygen atoms in total. The molecule has 0 fully saturated rings. The smallest absolute Gasteiger partial charge is 0.0477 e. The molecule has 0 aliphatic heterocycles. The molecule has 2 heteroatoms. The molecule has 0 aromatic carbocycles. The standard InChI is InChI=1S/C7H16NO/c1-4-7(8-2)5-6-9-3/h7-8H,1,4-6H2,2-3H3. The number of hydrogen-bond acceptors (Lipinski definition) is 2. The first-order chi connectivity index (χ1) is 4.35. The van der Waals surface area contributed by atoms with Gasteiger partial charge in [-0.1, -0.05) is 6.92 Å². The van der Waals surface area contributed by atoms with Crippen LogP contribution in [0, 0.1) is 6.92 Å². The maximum atomic E-state index is 4.91. The predicted molar refractivity (Wildman–Crippen MR) is 39.3 cm³/mol. The maximum absolute atomic E-state index is 4.91. The molecule has 0 spiro atoms. The summed E-state index contributed by atoms with van der Waals surface area (Å²) in [5.41, 5.74) is 0. The van der Waals surface area contributed by atoms with Gasteiger partial charge >= 0.3 is 0 Å². The summed E-state index contributed by atoms with van der Waals surface area (Å²) in [5.74, 6) is 0. The third kappa shape index (κ3) is 4.43. The minimum atomic E-state index is 0.518. The van der Waals surface area contributed by atoms with Crippen LogP contribution in [0.15, 0.2) is 0 Å². The largest absolute Gasteiger partial charge is 0.385 e. The Hall–Kier alpha value is -0.0800. The minimum Gasteiger partial charge on any atom is -0.385 e. The summed E-state index contributed by atoms with van der Waals surface area (Å²) >= 11 is 0. The van der Waals surface area contributed by atoms with E-state index in [-0.39, 0.29) is 0 Å². The normalized spacial score (nSPS) is 13.7. The van der Waals surface area contributed by atoms with Gasteiger partial charge in [0, 0.05) is 19.8 Å². The van der Waals surface area contributed by atoms with Gasteiger partial charge in [0.15, 0.2) is 0 Å². The van der Waals surface area contributed by atoms with Crippen LogP contribution in [0.5, 0.6) is 0 Å². The summed E-state index contributed by atoms with van der Waals surface area (Å²) in [6.45, 7) is 4.61. The zero-order chi connectivity index (χ0) is 7.11. The summed E-state index contributed by atoms with van der Waals surface area (Å²) in [7, 11) is 3.67. The molecule has 1 atom stereocenters. The summed E-state index contributed by atoms with van der Waals surface area (Å²) < 4.78 is 4.91. The van der Waals surface area contributed by atoms with Crippen LogP contribution in [0.3, 0.4) is 0 Å². The lowest BCUT2D eigenvalue weighted by Crippen LogP contribution is -2.25. The molecule has 55 valence electrons. The minimum absolute atomic E-state index is 0.518. The average Bonchev–Trinajstić information content (AvgIpc) is 1.91. The van der Waals surface area contributed by atoms with Gasteiger partial charge in [-0.2, -0.15) is 0 Å². The van der Waals surface area contributed by atoms with E-state index in [1.807, 2.05) is 7.05 Å². The molecule has 0 aliphatic carbocycles. The third-order valence-electron chi connectivity index (χ3n) is 1.43. The average molecular weight is 130 g/mol. The summed E-state index contributed by atoms with van der Waals surface area (Å²) in [6.07, 6.45) is 1.98. The Kier molecular flexibility index (Phi) is 5.99. The molecule has 1 N–H and O–H groups in total. The highest BCUT2D eigenvalue weighted by Crippen LogP contribution is 1.94. The summed E-state index contributed by atoms with van der Waals surface area (Å²) in [5, 5.41) is 3.14. The molecule has 0 heterocycles. The van der Waals surface area contributed by atoms with Crippen molar-refractivity contribution in [2.24, 2.45) is 0 Å². The molecule has 1 unspecified atom stereocenters. The van der Waals surface area contributed by atoms with E-state index in [9.17, 15) is 0 Å². The molecule has 0 saturated carbocycles. The van der Waals surface area contributed by atoms with E-state index < -0.39 is 0 Å². The molecule has 0 rings (SSSR count). The van der Waals surface area contributed by atoms with Crippen LogP contribution in [-0.4, -0.2) is 26.8 Å². The van der Waals surface area contributed by atoms with Gasteiger partial charge < -0.3 is 10.1 Å². The van der Waals surface area contributed by atoms with Gasteiger partial charge in [-0.3, -0.25) is 0 Å². The van der Waals surface area contributed by atoms with Gasteiger partial charge in [0.1, 0.15) is 0 Å². The van der Waals surface area contributed by atoms with Crippen molar-refractivity contribution in [1.29, 1.82) is 0 Å². The predicted octanol–water partition coefficient (Wildman–Crippen LogP) is 0.835. The molecule has 0 aromatic heterocycles. The van der Waals surface area contributed by atoms with Crippen molar-refractivity contribution in [2.75, 3.05) is 20.8 Å². The van der Waals surface area contributed by atoms with E-state index in [1.165, 1.54) is 0 Å². The first-order valence-corrected chi connectivity index (χ1v) is 3.30. The molecular weight excluding hydrogens is 114 g/mol. The van der Waals surface area contributed by atoms with Crippen molar-refractivity contribution < 1.29 is 4.74 Å². The molecule has 0 bridgehead atoms. The third-order valence-corrected chi connectivity index (χ3v) is 1.43. The zero-order valence-corrected chi connectivity index (χ0v) is 6.31. The Morgan fingerprint density at radius 1 is 1.67 bits per heavy atom. The maximum Gasteiger partial charge on any atom is 0.0477 e. The Labute approximate surface area is 57.6 Å². The second-order valence-electron chi connectivity index (χ2n) is 2.06. The van der Waals surface area contributed by atoms with Crippen molar-refractivity contribution >= 4 is 0 Å². The fourth-order valence-corrected chi connectivity index (χ4v) is 0.693. The molecule has 0 saturated heterocycles. The van der Waals surface area contributed by atoms with Gasteiger partial charge in [-0.05, 0) is 19.9 Å². The lowest BCUT2D eigenvalue weighted by atomic mass is 10.2. The number of rotatable bonds is 5. The van der Waals surface area contributed by atoms with Crippen LogP contribution in [0.25, 0.3) is 0 Å². The van der Waals surface area contributed by atoms with Crippen LogP contribution in [-0.2, 0) is 4.74 Å². The highest BCUT2D eigenvalue weighted by atomic mass is 16.5. The van der Waals surface area contributed by atoms with Gasteiger partial charge in [0.25, 0.3) is 0 Å². The fraction of sp³-hybridized carbons (Fsp3) is 0.857. The van der Waals surface area contributed by atoms with E-state index in [2.05, 4.69) is 12.2 Å². The molecule has 9 heavy (non-hydrogen) atoms. The van der Waals surface area contributed by atoms with Gasteiger partial charge in [-0.25, -0.2) is 0 Å². The second kappa shape index (κ2) is 6.05. The van der Waals surface area contributed by atoms with Crippen molar-refractivity contribution in [1.82, 2.24) is 5.32 Å². The van der Waals surface area contributed by atoms with Gasteiger partial charge in [0.05, 0.1) is 0 Å². The van der Waals surface area contributed by atoms with E-state index in [0.29, 0.717) is 6.04 Å². The Morgan fingerprint density at radius 3 is 2.67 bits per heavy atom. The number of nitrogens with one attached hydrogen (secondary N) is 1. The molecule has 0 aliphatic rings. The lowest BCUT2D eigenvalue weighted by Gasteiger charge is -2.11. The SMILES string of the molecule is [CH2]CC(CCOC)NC. The number of hydrogen-bond donors (Lipinski definition) is 1. The first-order valence-electron chi connectivity index (χ1n) is 3.30.